The lowest BCUT2D eigenvalue weighted by molar-refractivity contribution is -0.150. The Morgan fingerprint density at radius 1 is 1.83 bits per heavy atom. The van der Waals surface area contributed by atoms with Gasteiger partial charge in [0.05, 0.1) is 6.42 Å². The van der Waals surface area contributed by atoms with Gasteiger partial charge in [0.2, 0.25) is 0 Å². The zero-order chi connectivity index (χ0) is 9.35. The van der Waals surface area contributed by atoms with Crippen molar-refractivity contribution in [2.45, 2.75) is 18.9 Å². The van der Waals surface area contributed by atoms with E-state index in [4.69, 9.17) is 9.84 Å². The highest BCUT2D eigenvalue weighted by Gasteiger charge is 2.36. The molecule has 1 N–H and O–H groups in total. The number of hydrogen-bond acceptors (Lipinski definition) is 3. The summed E-state index contributed by atoms with van der Waals surface area (Å²) in [6.07, 6.45) is 1.25. The number of carboxylic acids is 1. The number of carbonyl (C=O) groups excluding carboxylic acids is 1. The Morgan fingerprint density at radius 3 is 2.75 bits per heavy atom. The van der Waals surface area contributed by atoms with E-state index >= 15 is 0 Å². The molecule has 1 atom stereocenters. The number of ether oxygens (including phenoxy) is 1. The van der Waals surface area contributed by atoms with Crippen molar-refractivity contribution in [1.82, 2.24) is 0 Å². The second-order valence-corrected chi connectivity index (χ2v) is 3.62. The molecule has 0 aromatic rings. The molecule has 12 heavy (non-hydrogen) atoms. The molecule has 1 unspecified atom stereocenters. The second kappa shape index (κ2) is 2.90. The zero-order valence-electron chi connectivity index (χ0n) is 6.33. The standard InChI is InChI=1S/C7H7BrO4/c1-7(3-5(9)10)2-4(8)6(11)12-7/h2H,3H2,1H3,(H,9,10). The molecule has 66 valence electrons. The summed E-state index contributed by atoms with van der Waals surface area (Å²) >= 11 is 2.96. The van der Waals surface area contributed by atoms with Gasteiger partial charge in [-0.05, 0) is 28.9 Å². The summed E-state index contributed by atoms with van der Waals surface area (Å²) in [5.41, 5.74) is -0.998. The largest absolute Gasteiger partial charge is 0.481 e. The van der Waals surface area contributed by atoms with Gasteiger partial charge in [-0.15, -0.1) is 0 Å². The lowest BCUT2D eigenvalue weighted by Crippen LogP contribution is -2.27. The third-order valence-electron chi connectivity index (χ3n) is 1.46. The third kappa shape index (κ3) is 1.85. The predicted molar refractivity (Wildman–Crippen MR) is 43.8 cm³/mol. The highest BCUT2D eigenvalue weighted by Crippen LogP contribution is 2.30. The maximum atomic E-state index is 10.8. The number of cyclic esters (lactones) is 1. The normalized spacial score (nSPS) is 28.2. The minimum absolute atomic E-state index is 0.214. The van der Waals surface area contributed by atoms with Gasteiger partial charge in [-0.1, -0.05) is 0 Å². The average Bonchev–Trinajstić information content (AvgIpc) is 2.04. The molecule has 0 aromatic heterocycles. The molecule has 1 aliphatic rings. The van der Waals surface area contributed by atoms with Gasteiger partial charge in [-0.25, -0.2) is 4.79 Å². The molecule has 0 saturated heterocycles. The fourth-order valence-electron chi connectivity index (χ4n) is 1.00. The smallest absolute Gasteiger partial charge is 0.345 e. The number of halogens is 1. The summed E-state index contributed by atoms with van der Waals surface area (Å²) in [4.78, 5) is 21.2. The maximum absolute atomic E-state index is 10.8. The Bertz CT molecular complexity index is 271. The van der Waals surface area contributed by atoms with Crippen LogP contribution in [0.1, 0.15) is 13.3 Å². The third-order valence-corrected chi connectivity index (χ3v) is 2.01. The van der Waals surface area contributed by atoms with Crippen molar-refractivity contribution in [2.75, 3.05) is 0 Å². The number of rotatable bonds is 2. The van der Waals surface area contributed by atoms with E-state index in [0.717, 1.165) is 0 Å². The van der Waals surface area contributed by atoms with Gasteiger partial charge in [0, 0.05) is 0 Å². The van der Waals surface area contributed by atoms with E-state index in [2.05, 4.69) is 15.9 Å². The van der Waals surface area contributed by atoms with Crippen molar-refractivity contribution < 1.29 is 19.4 Å². The number of esters is 1. The number of carbonyl (C=O) groups is 2. The van der Waals surface area contributed by atoms with Crippen molar-refractivity contribution in [2.24, 2.45) is 0 Å². The van der Waals surface area contributed by atoms with Gasteiger partial charge in [-0.3, -0.25) is 4.79 Å². The van der Waals surface area contributed by atoms with E-state index in [1.165, 1.54) is 6.08 Å². The minimum Gasteiger partial charge on any atom is -0.481 e. The van der Waals surface area contributed by atoms with E-state index in [9.17, 15) is 9.59 Å². The molecule has 0 spiro atoms. The van der Waals surface area contributed by atoms with Crippen LogP contribution in [0.3, 0.4) is 0 Å². The molecule has 0 amide bonds. The Morgan fingerprint density at radius 2 is 2.42 bits per heavy atom. The van der Waals surface area contributed by atoms with E-state index < -0.39 is 17.5 Å². The SMILES string of the molecule is CC1(CC(=O)O)C=C(Br)C(=O)O1. The Kier molecular flexibility index (Phi) is 2.23. The monoisotopic (exact) mass is 234 g/mol. The molecule has 1 aliphatic heterocycles. The van der Waals surface area contributed by atoms with Crippen molar-refractivity contribution in [3.8, 4) is 0 Å². The van der Waals surface area contributed by atoms with Crippen LogP contribution in [0.5, 0.6) is 0 Å². The predicted octanol–water partition coefficient (Wildman–Crippen LogP) is 1.06. The van der Waals surface area contributed by atoms with Crippen LogP contribution in [0.2, 0.25) is 0 Å². The first-order valence-corrected chi connectivity index (χ1v) is 4.06. The van der Waals surface area contributed by atoms with Crippen LogP contribution < -0.4 is 0 Å². The highest BCUT2D eigenvalue weighted by molar-refractivity contribution is 9.12. The molecule has 5 heteroatoms. The van der Waals surface area contributed by atoms with Crippen LogP contribution in [0.4, 0.5) is 0 Å². The van der Waals surface area contributed by atoms with Gasteiger partial charge >= 0.3 is 11.9 Å². The molecule has 0 bridgehead atoms. The highest BCUT2D eigenvalue weighted by atomic mass is 79.9. The first-order chi connectivity index (χ1) is 5.43. The van der Waals surface area contributed by atoms with Crippen LogP contribution in [0.25, 0.3) is 0 Å². The fourth-order valence-corrected chi connectivity index (χ4v) is 1.57. The van der Waals surface area contributed by atoms with Crippen LogP contribution >= 0.6 is 15.9 Å². The van der Waals surface area contributed by atoms with Gasteiger partial charge in [0.15, 0.2) is 0 Å². The summed E-state index contributed by atoms with van der Waals surface area (Å²) in [5, 5.41) is 8.48. The molecule has 0 fully saturated rings. The first-order valence-electron chi connectivity index (χ1n) is 3.26. The Labute approximate surface area is 77.3 Å². The molecule has 0 radical (unpaired) electrons. The van der Waals surface area contributed by atoms with Crippen molar-refractivity contribution >= 4 is 27.9 Å². The quantitative estimate of drug-likeness (QED) is 0.726. The van der Waals surface area contributed by atoms with Crippen molar-refractivity contribution in [3.63, 3.8) is 0 Å². The molecule has 0 aromatic carbocycles. The van der Waals surface area contributed by atoms with Gasteiger partial charge in [-0.2, -0.15) is 0 Å². The van der Waals surface area contributed by atoms with Gasteiger partial charge in [0.1, 0.15) is 10.1 Å². The number of aliphatic carboxylic acids is 1. The van der Waals surface area contributed by atoms with E-state index in [1.807, 2.05) is 0 Å². The Balaban J connectivity index is 2.77. The molecular weight excluding hydrogens is 228 g/mol. The second-order valence-electron chi connectivity index (χ2n) is 2.76. The van der Waals surface area contributed by atoms with Crippen molar-refractivity contribution in [1.29, 1.82) is 0 Å². The van der Waals surface area contributed by atoms with Crippen LogP contribution in [-0.2, 0) is 14.3 Å². The number of carboxylic acid groups (broad SMARTS) is 1. The summed E-state index contributed by atoms with van der Waals surface area (Å²) in [6, 6.07) is 0. The zero-order valence-corrected chi connectivity index (χ0v) is 7.92. The maximum Gasteiger partial charge on any atom is 0.345 e. The van der Waals surface area contributed by atoms with Crippen molar-refractivity contribution in [3.05, 3.63) is 10.6 Å². The molecule has 4 nitrogen and oxygen atoms in total. The average molecular weight is 235 g/mol. The summed E-state index contributed by atoms with van der Waals surface area (Å²) in [5.74, 6) is -1.51. The summed E-state index contributed by atoms with van der Waals surface area (Å²) in [7, 11) is 0. The summed E-state index contributed by atoms with van der Waals surface area (Å²) in [6.45, 7) is 1.55. The molecule has 0 saturated carbocycles. The van der Waals surface area contributed by atoms with Gasteiger partial charge in [0.25, 0.3) is 0 Å². The number of hydrogen-bond donors (Lipinski definition) is 1. The van der Waals surface area contributed by atoms with Crippen LogP contribution in [0, 0.1) is 0 Å². The van der Waals surface area contributed by atoms with Gasteiger partial charge < -0.3 is 9.84 Å². The molecule has 1 heterocycles. The van der Waals surface area contributed by atoms with Crippen LogP contribution in [-0.4, -0.2) is 22.6 Å². The lowest BCUT2D eigenvalue weighted by Gasteiger charge is -2.17. The van der Waals surface area contributed by atoms with E-state index in [-0.39, 0.29) is 10.9 Å². The van der Waals surface area contributed by atoms with Crippen LogP contribution in [0.15, 0.2) is 10.6 Å². The molecular formula is C7H7BrO4. The Hall–Kier alpha value is -0.840. The molecule has 0 aliphatic carbocycles. The summed E-state index contributed by atoms with van der Waals surface area (Å²) < 4.78 is 5.10. The topological polar surface area (TPSA) is 63.6 Å². The van der Waals surface area contributed by atoms with E-state index in [0.29, 0.717) is 0 Å². The lowest BCUT2D eigenvalue weighted by atomic mass is 10.0. The fraction of sp³-hybridized carbons (Fsp3) is 0.429. The first kappa shape index (κ1) is 9.25. The molecule has 1 rings (SSSR count). The minimum atomic E-state index is -0.998. The van der Waals surface area contributed by atoms with E-state index in [1.54, 1.807) is 6.92 Å².